The first kappa shape index (κ1) is 24.7. The summed E-state index contributed by atoms with van der Waals surface area (Å²) in [5.74, 6) is 0.174. The third kappa shape index (κ3) is 5.09. The molecule has 1 aliphatic heterocycles. The molecule has 11 nitrogen and oxygen atoms in total. The number of piperidine rings is 1. The normalized spacial score (nSPS) is 14.4. The fraction of sp³-hybridized carbons (Fsp3) is 0.333. The minimum Gasteiger partial charge on any atom is -0.489 e. The van der Waals surface area contributed by atoms with E-state index in [0.717, 1.165) is 18.7 Å². The first-order chi connectivity index (χ1) is 18.9. The topological polar surface area (TPSA) is 124 Å². The van der Waals surface area contributed by atoms with Gasteiger partial charge in [-0.2, -0.15) is 20.4 Å². The summed E-state index contributed by atoms with van der Waals surface area (Å²) >= 11 is 0. The quantitative estimate of drug-likeness (QED) is 0.309. The van der Waals surface area contributed by atoms with Crippen molar-refractivity contribution in [2.24, 2.45) is 0 Å². The third-order valence-corrected chi connectivity index (χ3v) is 7.01. The van der Waals surface area contributed by atoms with Crippen LogP contribution in [0.1, 0.15) is 36.6 Å². The van der Waals surface area contributed by atoms with E-state index >= 15 is 4.39 Å². The van der Waals surface area contributed by atoms with Crippen molar-refractivity contribution in [1.82, 2.24) is 39.5 Å². The number of likely N-dealkylation sites (tertiary alicyclic amines) is 1. The molecule has 1 aromatic carbocycles. The molecule has 6 rings (SSSR count). The highest BCUT2D eigenvalue weighted by Gasteiger charge is 2.25. The van der Waals surface area contributed by atoms with Gasteiger partial charge in [0.25, 0.3) is 0 Å². The van der Waals surface area contributed by atoms with Crippen molar-refractivity contribution in [1.29, 1.82) is 0 Å². The SMILES string of the molecule is Cc1cn2nc(-c3cc(F)c4cc(C5CCN(C(=O)O)CC5)nnc4c3)cc(OCCCn3cccn3)c2n1. The molecule has 0 unspecified atom stereocenters. The number of benzene rings is 1. The number of imidazole rings is 1. The molecule has 39 heavy (non-hydrogen) atoms. The van der Waals surface area contributed by atoms with Gasteiger partial charge in [0.2, 0.25) is 0 Å². The second-order valence-corrected chi connectivity index (χ2v) is 9.72. The summed E-state index contributed by atoms with van der Waals surface area (Å²) in [6.45, 7) is 3.91. The first-order valence-electron chi connectivity index (χ1n) is 12.9. The molecule has 0 bridgehead atoms. The van der Waals surface area contributed by atoms with Gasteiger partial charge in [0, 0.05) is 61.4 Å². The highest BCUT2D eigenvalue weighted by Crippen LogP contribution is 2.32. The average Bonchev–Trinajstić information content (AvgIpc) is 3.59. The van der Waals surface area contributed by atoms with Crippen LogP contribution in [0.5, 0.6) is 5.75 Å². The number of hydrogen-bond donors (Lipinski definition) is 1. The molecule has 5 heterocycles. The number of amides is 1. The smallest absolute Gasteiger partial charge is 0.407 e. The van der Waals surface area contributed by atoms with Crippen molar-refractivity contribution in [3.8, 4) is 17.0 Å². The molecule has 1 aliphatic rings. The summed E-state index contributed by atoms with van der Waals surface area (Å²) < 4.78 is 25.0. The Hall–Kier alpha value is -4.61. The van der Waals surface area contributed by atoms with Gasteiger partial charge < -0.3 is 14.7 Å². The van der Waals surface area contributed by atoms with Crippen LogP contribution in [-0.4, -0.2) is 70.4 Å². The Balaban J connectivity index is 1.26. The van der Waals surface area contributed by atoms with E-state index in [2.05, 4.69) is 25.4 Å². The number of fused-ring (bicyclic) bond motifs is 2. The lowest BCUT2D eigenvalue weighted by Gasteiger charge is -2.29. The summed E-state index contributed by atoms with van der Waals surface area (Å²) in [6, 6.07) is 8.59. The summed E-state index contributed by atoms with van der Waals surface area (Å²) in [5, 5.41) is 27.1. The maximum absolute atomic E-state index is 15.4. The predicted octanol–water partition coefficient (Wildman–Crippen LogP) is 4.31. The number of aromatic nitrogens is 7. The molecule has 12 heteroatoms. The highest BCUT2D eigenvalue weighted by molar-refractivity contribution is 5.84. The second-order valence-electron chi connectivity index (χ2n) is 9.72. The number of rotatable bonds is 7. The Kier molecular flexibility index (Phi) is 6.51. The third-order valence-electron chi connectivity index (χ3n) is 7.01. The van der Waals surface area contributed by atoms with E-state index in [1.807, 2.05) is 23.9 Å². The maximum atomic E-state index is 15.4. The molecule has 1 fully saturated rings. The lowest BCUT2D eigenvalue weighted by atomic mass is 9.92. The van der Waals surface area contributed by atoms with E-state index in [1.54, 1.807) is 35.1 Å². The van der Waals surface area contributed by atoms with Crippen LogP contribution in [0.25, 0.3) is 27.8 Å². The Labute approximate surface area is 222 Å². The predicted molar refractivity (Wildman–Crippen MR) is 140 cm³/mol. The molecule has 5 aromatic rings. The first-order valence-corrected chi connectivity index (χ1v) is 12.9. The van der Waals surface area contributed by atoms with Crippen LogP contribution in [0, 0.1) is 12.7 Å². The number of nitrogens with zero attached hydrogens (tertiary/aromatic N) is 8. The van der Waals surface area contributed by atoms with E-state index in [1.165, 1.54) is 11.0 Å². The Morgan fingerprint density at radius 2 is 2.03 bits per heavy atom. The molecule has 0 radical (unpaired) electrons. The van der Waals surface area contributed by atoms with E-state index in [4.69, 9.17) is 4.74 Å². The average molecular weight is 531 g/mol. The van der Waals surface area contributed by atoms with Crippen molar-refractivity contribution < 1.29 is 19.0 Å². The fourth-order valence-electron chi connectivity index (χ4n) is 4.98. The minimum absolute atomic E-state index is 0.0399. The maximum Gasteiger partial charge on any atom is 0.407 e. The van der Waals surface area contributed by atoms with Crippen molar-refractivity contribution in [3.05, 3.63) is 66.1 Å². The molecule has 1 amide bonds. The lowest BCUT2D eigenvalue weighted by Crippen LogP contribution is -2.37. The van der Waals surface area contributed by atoms with Crippen LogP contribution < -0.4 is 4.74 Å². The summed E-state index contributed by atoms with van der Waals surface area (Å²) in [7, 11) is 0. The summed E-state index contributed by atoms with van der Waals surface area (Å²) in [4.78, 5) is 17.1. The standard InChI is InChI=1S/C27H27FN8O3/c1-17-16-36-26(30-17)25(39-11-3-8-35-7-2-6-29-35)15-23(33-36)19-12-21(28)20-14-22(31-32-24(20)13-19)18-4-9-34(10-5-18)27(37)38/h2,6-7,12-16,18H,3-5,8-11H2,1H3,(H,37,38). The number of hydrogen-bond acceptors (Lipinski definition) is 7. The zero-order chi connectivity index (χ0) is 26.9. The van der Waals surface area contributed by atoms with Gasteiger partial charge in [0.1, 0.15) is 5.82 Å². The summed E-state index contributed by atoms with van der Waals surface area (Å²) in [6.07, 6.45) is 6.54. The zero-order valence-corrected chi connectivity index (χ0v) is 21.4. The Morgan fingerprint density at radius 1 is 1.18 bits per heavy atom. The molecule has 0 atom stereocenters. The molecule has 200 valence electrons. The number of carboxylic acid groups (broad SMARTS) is 1. The monoisotopic (exact) mass is 530 g/mol. The van der Waals surface area contributed by atoms with Crippen LogP contribution in [0.2, 0.25) is 0 Å². The van der Waals surface area contributed by atoms with Crippen LogP contribution in [-0.2, 0) is 6.54 Å². The van der Waals surface area contributed by atoms with Crippen molar-refractivity contribution in [2.45, 2.75) is 38.6 Å². The molecule has 1 N–H and O–H groups in total. The summed E-state index contributed by atoms with van der Waals surface area (Å²) in [5.41, 5.74) is 3.55. The molecule has 0 saturated carbocycles. The number of halogens is 1. The van der Waals surface area contributed by atoms with Gasteiger partial charge in [-0.3, -0.25) is 4.68 Å². The van der Waals surface area contributed by atoms with E-state index in [0.29, 0.717) is 71.8 Å². The van der Waals surface area contributed by atoms with Gasteiger partial charge in [0.15, 0.2) is 11.4 Å². The van der Waals surface area contributed by atoms with Crippen LogP contribution in [0.3, 0.4) is 0 Å². The molecular weight excluding hydrogens is 503 g/mol. The fourth-order valence-corrected chi connectivity index (χ4v) is 4.98. The Bertz CT molecular complexity index is 1640. The molecule has 0 aliphatic carbocycles. The lowest BCUT2D eigenvalue weighted by molar-refractivity contribution is 0.131. The highest BCUT2D eigenvalue weighted by atomic mass is 19.1. The van der Waals surface area contributed by atoms with Crippen molar-refractivity contribution in [3.63, 3.8) is 0 Å². The van der Waals surface area contributed by atoms with E-state index < -0.39 is 11.9 Å². The second kappa shape index (κ2) is 10.3. The number of aryl methyl sites for hydroxylation is 2. The van der Waals surface area contributed by atoms with Gasteiger partial charge in [0.05, 0.1) is 35.4 Å². The number of carbonyl (C=O) groups is 1. The minimum atomic E-state index is -0.919. The van der Waals surface area contributed by atoms with Crippen molar-refractivity contribution in [2.75, 3.05) is 19.7 Å². The zero-order valence-electron chi connectivity index (χ0n) is 21.4. The van der Waals surface area contributed by atoms with Gasteiger partial charge in [-0.25, -0.2) is 18.7 Å². The van der Waals surface area contributed by atoms with E-state index in [-0.39, 0.29) is 5.92 Å². The van der Waals surface area contributed by atoms with E-state index in [9.17, 15) is 9.90 Å². The Morgan fingerprint density at radius 3 is 2.79 bits per heavy atom. The molecule has 4 aromatic heterocycles. The molecule has 1 saturated heterocycles. The van der Waals surface area contributed by atoms with Crippen LogP contribution >= 0.6 is 0 Å². The largest absolute Gasteiger partial charge is 0.489 e. The van der Waals surface area contributed by atoms with Crippen LogP contribution in [0.15, 0.2) is 48.9 Å². The van der Waals surface area contributed by atoms with Gasteiger partial charge >= 0.3 is 6.09 Å². The molecular formula is C27H27FN8O3. The van der Waals surface area contributed by atoms with Crippen LogP contribution in [0.4, 0.5) is 9.18 Å². The van der Waals surface area contributed by atoms with Crippen molar-refractivity contribution >= 4 is 22.6 Å². The number of ether oxygens (including phenoxy) is 1. The van der Waals surface area contributed by atoms with Gasteiger partial charge in [-0.15, -0.1) is 0 Å². The van der Waals surface area contributed by atoms with Gasteiger partial charge in [-0.05, 0) is 44.0 Å². The molecule has 0 spiro atoms. The van der Waals surface area contributed by atoms with Gasteiger partial charge in [-0.1, -0.05) is 0 Å².